The van der Waals surface area contributed by atoms with Crippen LogP contribution in [0.3, 0.4) is 0 Å². The minimum atomic E-state index is -0.468. The third-order valence-electron chi connectivity index (χ3n) is 3.67. The second kappa shape index (κ2) is 8.04. The number of nitrogens with zero attached hydrogens (tertiary/aromatic N) is 4. The lowest BCUT2D eigenvalue weighted by atomic mass is 10.2. The van der Waals surface area contributed by atoms with E-state index in [9.17, 15) is 14.4 Å². The largest absolute Gasteiger partial charge is 0.345 e. The summed E-state index contributed by atoms with van der Waals surface area (Å²) < 4.78 is 1.20. The molecule has 9 nitrogen and oxygen atoms in total. The standard InChI is InChI=1S/C17H18N6O3S/c1-10(2)15-21-22-17(27-15)20-13(24)7-18-14(25)8-23-9-19-12-6-4-3-5-11(12)16(23)26/h3-6,9-10H,7-8H2,1-2H3,(H,18,25)(H,20,22,24). The van der Waals surface area contributed by atoms with E-state index < -0.39 is 11.8 Å². The molecule has 0 bridgehead atoms. The third-order valence-corrected chi connectivity index (χ3v) is 4.81. The lowest BCUT2D eigenvalue weighted by molar-refractivity contribution is -0.124. The van der Waals surface area contributed by atoms with E-state index in [0.717, 1.165) is 5.01 Å². The van der Waals surface area contributed by atoms with Gasteiger partial charge in [0.1, 0.15) is 11.6 Å². The number of para-hydroxylation sites is 1. The van der Waals surface area contributed by atoms with Crippen LogP contribution >= 0.6 is 11.3 Å². The molecule has 140 valence electrons. The Morgan fingerprint density at radius 3 is 2.70 bits per heavy atom. The summed E-state index contributed by atoms with van der Waals surface area (Å²) in [7, 11) is 0. The van der Waals surface area contributed by atoms with E-state index in [1.54, 1.807) is 24.3 Å². The van der Waals surface area contributed by atoms with Gasteiger partial charge in [-0.25, -0.2) is 4.98 Å². The maximum absolute atomic E-state index is 12.4. The van der Waals surface area contributed by atoms with Gasteiger partial charge in [-0.15, -0.1) is 10.2 Å². The molecular weight excluding hydrogens is 368 g/mol. The summed E-state index contributed by atoms with van der Waals surface area (Å²) in [4.78, 5) is 40.5. The van der Waals surface area contributed by atoms with Crippen molar-refractivity contribution in [1.82, 2.24) is 25.1 Å². The van der Waals surface area contributed by atoms with Crippen LogP contribution in [-0.2, 0) is 16.1 Å². The van der Waals surface area contributed by atoms with Gasteiger partial charge in [-0.05, 0) is 12.1 Å². The Labute approximate surface area is 158 Å². The Hall–Kier alpha value is -3.14. The molecule has 2 amide bonds. The quantitative estimate of drug-likeness (QED) is 0.655. The van der Waals surface area contributed by atoms with Gasteiger partial charge < -0.3 is 5.32 Å². The van der Waals surface area contributed by atoms with Gasteiger partial charge in [-0.2, -0.15) is 0 Å². The van der Waals surface area contributed by atoms with Crippen LogP contribution in [-0.4, -0.2) is 38.1 Å². The summed E-state index contributed by atoms with van der Waals surface area (Å²) in [5.41, 5.74) is 0.256. The van der Waals surface area contributed by atoms with Crippen molar-refractivity contribution in [2.45, 2.75) is 26.3 Å². The zero-order chi connectivity index (χ0) is 19.4. The molecule has 0 aliphatic carbocycles. The molecule has 0 atom stereocenters. The summed E-state index contributed by atoms with van der Waals surface area (Å²) in [6, 6.07) is 6.90. The average Bonchev–Trinajstić information content (AvgIpc) is 3.11. The summed E-state index contributed by atoms with van der Waals surface area (Å²) in [5, 5.41) is 14.5. The maximum atomic E-state index is 12.4. The summed E-state index contributed by atoms with van der Waals surface area (Å²) >= 11 is 1.29. The Morgan fingerprint density at radius 1 is 1.19 bits per heavy atom. The average molecular weight is 386 g/mol. The predicted molar refractivity (Wildman–Crippen MR) is 102 cm³/mol. The van der Waals surface area contributed by atoms with E-state index in [4.69, 9.17) is 0 Å². The lowest BCUT2D eigenvalue weighted by Crippen LogP contribution is -2.37. The molecule has 0 aliphatic heterocycles. The number of carbonyl (C=O) groups is 2. The number of benzene rings is 1. The number of amides is 2. The molecule has 2 heterocycles. The van der Waals surface area contributed by atoms with Crippen molar-refractivity contribution in [2.24, 2.45) is 0 Å². The van der Waals surface area contributed by atoms with Crippen LogP contribution in [0.2, 0.25) is 0 Å². The van der Waals surface area contributed by atoms with Crippen molar-refractivity contribution in [3.05, 3.63) is 46.0 Å². The first-order valence-electron chi connectivity index (χ1n) is 8.28. The predicted octanol–water partition coefficient (Wildman–Crippen LogP) is 1.13. The molecule has 1 aromatic carbocycles. The Kier molecular flexibility index (Phi) is 5.55. The van der Waals surface area contributed by atoms with E-state index in [0.29, 0.717) is 16.0 Å². The Morgan fingerprint density at radius 2 is 1.96 bits per heavy atom. The second-order valence-electron chi connectivity index (χ2n) is 6.12. The van der Waals surface area contributed by atoms with Gasteiger partial charge in [0.15, 0.2) is 0 Å². The second-order valence-corrected chi connectivity index (χ2v) is 7.13. The van der Waals surface area contributed by atoms with Crippen molar-refractivity contribution in [2.75, 3.05) is 11.9 Å². The fourth-order valence-electron chi connectivity index (χ4n) is 2.29. The number of fused-ring (bicyclic) bond motifs is 1. The first-order chi connectivity index (χ1) is 12.9. The van der Waals surface area contributed by atoms with Gasteiger partial charge in [-0.1, -0.05) is 37.3 Å². The fraction of sp³-hybridized carbons (Fsp3) is 0.294. The van der Waals surface area contributed by atoms with Crippen LogP contribution in [0, 0.1) is 0 Å². The van der Waals surface area contributed by atoms with Gasteiger partial charge in [0.05, 0.1) is 23.8 Å². The number of anilines is 1. The van der Waals surface area contributed by atoms with E-state index in [2.05, 4.69) is 25.8 Å². The zero-order valence-corrected chi connectivity index (χ0v) is 15.6. The van der Waals surface area contributed by atoms with E-state index in [-0.39, 0.29) is 24.6 Å². The maximum Gasteiger partial charge on any atom is 0.261 e. The number of hydrogen-bond donors (Lipinski definition) is 2. The van der Waals surface area contributed by atoms with E-state index in [1.807, 2.05) is 13.8 Å². The van der Waals surface area contributed by atoms with Crippen molar-refractivity contribution in [3.63, 3.8) is 0 Å². The van der Waals surface area contributed by atoms with Crippen LogP contribution in [0.4, 0.5) is 5.13 Å². The minimum absolute atomic E-state index is 0.222. The first kappa shape index (κ1) is 18.6. The lowest BCUT2D eigenvalue weighted by Gasteiger charge is -2.07. The topological polar surface area (TPSA) is 119 Å². The zero-order valence-electron chi connectivity index (χ0n) is 14.8. The molecule has 0 saturated carbocycles. The third kappa shape index (κ3) is 4.53. The molecular formula is C17H18N6O3S. The highest BCUT2D eigenvalue weighted by Crippen LogP contribution is 2.22. The number of carbonyl (C=O) groups excluding carboxylic acids is 2. The molecule has 2 N–H and O–H groups in total. The van der Waals surface area contributed by atoms with Crippen molar-refractivity contribution in [3.8, 4) is 0 Å². The number of hydrogen-bond acceptors (Lipinski definition) is 7. The van der Waals surface area contributed by atoms with Crippen LogP contribution in [0.1, 0.15) is 24.8 Å². The monoisotopic (exact) mass is 386 g/mol. The van der Waals surface area contributed by atoms with E-state index >= 15 is 0 Å². The van der Waals surface area contributed by atoms with Gasteiger partial charge in [0.2, 0.25) is 16.9 Å². The molecule has 10 heteroatoms. The number of aromatic nitrogens is 4. The molecule has 0 saturated heterocycles. The first-order valence-corrected chi connectivity index (χ1v) is 9.10. The van der Waals surface area contributed by atoms with Crippen LogP contribution < -0.4 is 16.2 Å². The molecule has 0 spiro atoms. The molecule has 0 fully saturated rings. The molecule has 27 heavy (non-hydrogen) atoms. The van der Waals surface area contributed by atoms with Gasteiger partial charge in [0.25, 0.3) is 5.56 Å². The Bertz CT molecular complexity index is 1040. The summed E-state index contributed by atoms with van der Waals surface area (Å²) in [6.45, 7) is 3.51. The molecule has 3 aromatic rings. The highest BCUT2D eigenvalue weighted by molar-refractivity contribution is 7.15. The van der Waals surface area contributed by atoms with Gasteiger partial charge >= 0.3 is 0 Å². The SMILES string of the molecule is CC(C)c1nnc(NC(=O)CNC(=O)Cn2cnc3ccccc3c2=O)s1. The molecule has 0 radical (unpaired) electrons. The molecule has 0 aliphatic rings. The highest BCUT2D eigenvalue weighted by Gasteiger charge is 2.12. The molecule has 2 aromatic heterocycles. The van der Waals surface area contributed by atoms with Gasteiger partial charge in [-0.3, -0.25) is 24.3 Å². The van der Waals surface area contributed by atoms with Crippen LogP contribution in [0.15, 0.2) is 35.4 Å². The highest BCUT2D eigenvalue weighted by atomic mass is 32.1. The summed E-state index contributed by atoms with van der Waals surface area (Å²) in [5.74, 6) is -0.662. The number of nitrogens with one attached hydrogen (secondary N) is 2. The van der Waals surface area contributed by atoms with Crippen LogP contribution in [0.25, 0.3) is 10.9 Å². The fourth-order valence-corrected chi connectivity index (χ4v) is 3.05. The number of rotatable bonds is 6. The van der Waals surface area contributed by atoms with E-state index in [1.165, 1.54) is 22.2 Å². The minimum Gasteiger partial charge on any atom is -0.345 e. The smallest absolute Gasteiger partial charge is 0.261 e. The Balaban J connectivity index is 1.55. The van der Waals surface area contributed by atoms with Crippen LogP contribution in [0.5, 0.6) is 0 Å². The normalized spacial score (nSPS) is 10.9. The van der Waals surface area contributed by atoms with Gasteiger partial charge in [0, 0.05) is 5.92 Å². The van der Waals surface area contributed by atoms with Crippen molar-refractivity contribution < 1.29 is 9.59 Å². The van der Waals surface area contributed by atoms with Crippen molar-refractivity contribution >= 4 is 39.2 Å². The molecule has 3 rings (SSSR count). The molecule has 0 unspecified atom stereocenters. The summed E-state index contributed by atoms with van der Waals surface area (Å²) in [6.07, 6.45) is 1.32. The van der Waals surface area contributed by atoms with Crippen molar-refractivity contribution in [1.29, 1.82) is 0 Å².